The normalized spacial score (nSPS) is 17.3. The number of ether oxygens (including phenoxy) is 1. The van der Waals surface area contributed by atoms with Crippen LogP contribution in [0.25, 0.3) is 0 Å². The molecular formula is C15H21NO3. The van der Waals surface area contributed by atoms with Crippen LogP contribution in [0, 0.1) is 0 Å². The van der Waals surface area contributed by atoms with E-state index in [0.29, 0.717) is 5.75 Å². The summed E-state index contributed by atoms with van der Waals surface area (Å²) in [7, 11) is 0. The number of carboxylic acids is 1. The fraction of sp³-hybridized carbons (Fsp3) is 0.533. The monoisotopic (exact) mass is 263 g/mol. The highest BCUT2D eigenvalue weighted by Crippen LogP contribution is 2.20. The van der Waals surface area contributed by atoms with Gasteiger partial charge in [0.15, 0.2) is 0 Å². The molecule has 1 aliphatic rings. The van der Waals surface area contributed by atoms with E-state index in [1.165, 1.54) is 12.8 Å². The van der Waals surface area contributed by atoms with Crippen molar-refractivity contribution < 1.29 is 14.6 Å². The Kier molecular flexibility index (Phi) is 4.80. The Hall–Kier alpha value is -1.55. The quantitative estimate of drug-likeness (QED) is 0.854. The van der Waals surface area contributed by atoms with Crippen molar-refractivity contribution in [1.29, 1.82) is 0 Å². The van der Waals surface area contributed by atoms with Crippen molar-refractivity contribution in [2.24, 2.45) is 0 Å². The van der Waals surface area contributed by atoms with E-state index in [2.05, 4.69) is 4.90 Å². The number of carboxylic acid groups (broad SMARTS) is 1. The van der Waals surface area contributed by atoms with Crippen LogP contribution in [0.1, 0.15) is 25.3 Å². The molecule has 1 heterocycles. The molecule has 1 unspecified atom stereocenters. The summed E-state index contributed by atoms with van der Waals surface area (Å²) >= 11 is 0. The first kappa shape index (κ1) is 13.9. The summed E-state index contributed by atoms with van der Waals surface area (Å²) in [6.45, 7) is 5.23. The Morgan fingerprint density at radius 2 is 2.05 bits per heavy atom. The SMILES string of the molecule is CC(CN1CCCC1)Oc1ccccc1CC(=O)O. The molecule has 1 aromatic carbocycles. The molecule has 0 saturated carbocycles. The van der Waals surface area contributed by atoms with Crippen molar-refractivity contribution in [3.63, 3.8) is 0 Å². The number of benzene rings is 1. The molecule has 104 valence electrons. The second-order valence-corrected chi connectivity index (χ2v) is 5.11. The number of likely N-dealkylation sites (tertiary alicyclic amines) is 1. The molecule has 1 fully saturated rings. The van der Waals surface area contributed by atoms with Crippen LogP contribution in [0.5, 0.6) is 5.75 Å². The Morgan fingerprint density at radius 1 is 1.37 bits per heavy atom. The number of aliphatic carboxylic acids is 1. The second kappa shape index (κ2) is 6.57. The van der Waals surface area contributed by atoms with Crippen LogP contribution in [0.3, 0.4) is 0 Å². The number of para-hydroxylation sites is 1. The number of rotatable bonds is 6. The molecule has 2 rings (SSSR count). The summed E-state index contributed by atoms with van der Waals surface area (Å²) in [5.41, 5.74) is 0.739. The van der Waals surface area contributed by atoms with Gasteiger partial charge in [0.2, 0.25) is 0 Å². The minimum absolute atomic E-state index is 0.00656. The van der Waals surface area contributed by atoms with E-state index in [4.69, 9.17) is 9.84 Å². The standard InChI is InChI=1S/C15H21NO3/c1-12(11-16-8-4-5-9-16)19-14-7-3-2-6-13(14)10-15(17)18/h2-3,6-7,12H,4-5,8-11H2,1H3,(H,17,18). The van der Waals surface area contributed by atoms with E-state index >= 15 is 0 Å². The van der Waals surface area contributed by atoms with Gasteiger partial charge in [0.25, 0.3) is 0 Å². The maximum Gasteiger partial charge on any atom is 0.307 e. The molecule has 4 nitrogen and oxygen atoms in total. The summed E-state index contributed by atoms with van der Waals surface area (Å²) in [6, 6.07) is 7.38. The molecule has 0 aromatic heterocycles. The van der Waals surface area contributed by atoms with Crippen LogP contribution in [0.2, 0.25) is 0 Å². The number of nitrogens with zero attached hydrogens (tertiary/aromatic N) is 1. The maximum atomic E-state index is 10.8. The number of hydrogen-bond acceptors (Lipinski definition) is 3. The lowest BCUT2D eigenvalue weighted by Crippen LogP contribution is -2.31. The van der Waals surface area contributed by atoms with Gasteiger partial charge in [-0.15, -0.1) is 0 Å². The van der Waals surface area contributed by atoms with Gasteiger partial charge in [0.05, 0.1) is 6.42 Å². The fourth-order valence-corrected chi connectivity index (χ4v) is 2.51. The zero-order valence-corrected chi connectivity index (χ0v) is 11.3. The van der Waals surface area contributed by atoms with Crippen molar-refractivity contribution in [1.82, 2.24) is 4.90 Å². The van der Waals surface area contributed by atoms with Gasteiger partial charge >= 0.3 is 5.97 Å². The van der Waals surface area contributed by atoms with E-state index in [9.17, 15) is 4.79 Å². The highest BCUT2D eigenvalue weighted by atomic mass is 16.5. The Bertz CT molecular complexity index is 427. The average molecular weight is 263 g/mol. The second-order valence-electron chi connectivity index (χ2n) is 5.11. The first-order valence-electron chi connectivity index (χ1n) is 6.84. The average Bonchev–Trinajstić information content (AvgIpc) is 2.83. The first-order chi connectivity index (χ1) is 9.15. The third-order valence-corrected chi connectivity index (χ3v) is 3.36. The van der Waals surface area contributed by atoms with E-state index in [1.54, 1.807) is 0 Å². The summed E-state index contributed by atoms with van der Waals surface area (Å²) in [5.74, 6) is -0.139. The van der Waals surface area contributed by atoms with Gasteiger partial charge in [-0.05, 0) is 38.9 Å². The van der Waals surface area contributed by atoms with Gasteiger partial charge in [-0.25, -0.2) is 0 Å². The Balaban J connectivity index is 1.95. The van der Waals surface area contributed by atoms with E-state index in [0.717, 1.165) is 25.2 Å². The number of hydrogen-bond donors (Lipinski definition) is 1. The van der Waals surface area contributed by atoms with Gasteiger partial charge in [-0.1, -0.05) is 18.2 Å². The Morgan fingerprint density at radius 3 is 2.74 bits per heavy atom. The van der Waals surface area contributed by atoms with Crippen LogP contribution < -0.4 is 4.74 Å². The topological polar surface area (TPSA) is 49.8 Å². The lowest BCUT2D eigenvalue weighted by molar-refractivity contribution is -0.136. The first-order valence-corrected chi connectivity index (χ1v) is 6.84. The molecule has 4 heteroatoms. The molecule has 1 aromatic rings. The fourth-order valence-electron chi connectivity index (χ4n) is 2.51. The third kappa shape index (κ3) is 4.24. The van der Waals surface area contributed by atoms with Crippen LogP contribution in [-0.2, 0) is 11.2 Å². The molecule has 1 saturated heterocycles. The molecule has 0 radical (unpaired) electrons. The van der Waals surface area contributed by atoms with Crippen LogP contribution in [0.4, 0.5) is 0 Å². The van der Waals surface area contributed by atoms with Crippen LogP contribution >= 0.6 is 0 Å². The Labute approximate surface area is 114 Å². The third-order valence-electron chi connectivity index (χ3n) is 3.36. The van der Waals surface area contributed by atoms with E-state index in [1.807, 2.05) is 31.2 Å². The highest BCUT2D eigenvalue weighted by molar-refractivity contribution is 5.71. The molecule has 0 spiro atoms. The zero-order chi connectivity index (χ0) is 13.7. The van der Waals surface area contributed by atoms with Crippen molar-refractivity contribution in [2.45, 2.75) is 32.3 Å². The molecule has 19 heavy (non-hydrogen) atoms. The summed E-state index contributed by atoms with van der Waals surface area (Å²) < 4.78 is 5.90. The molecule has 0 bridgehead atoms. The smallest absolute Gasteiger partial charge is 0.307 e. The van der Waals surface area contributed by atoms with Gasteiger partial charge in [0, 0.05) is 12.1 Å². The minimum Gasteiger partial charge on any atom is -0.489 e. The highest BCUT2D eigenvalue weighted by Gasteiger charge is 2.16. The number of carbonyl (C=O) groups is 1. The zero-order valence-electron chi connectivity index (χ0n) is 11.3. The summed E-state index contributed by atoms with van der Waals surface area (Å²) in [6.07, 6.45) is 2.62. The van der Waals surface area contributed by atoms with Crippen molar-refractivity contribution in [3.8, 4) is 5.75 Å². The molecular weight excluding hydrogens is 242 g/mol. The van der Waals surface area contributed by atoms with Crippen molar-refractivity contribution in [2.75, 3.05) is 19.6 Å². The van der Waals surface area contributed by atoms with Crippen molar-refractivity contribution >= 4 is 5.97 Å². The van der Waals surface area contributed by atoms with Gasteiger partial charge in [-0.2, -0.15) is 0 Å². The predicted molar refractivity (Wildman–Crippen MR) is 73.5 cm³/mol. The molecule has 1 aliphatic heterocycles. The largest absolute Gasteiger partial charge is 0.489 e. The lowest BCUT2D eigenvalue weighted by Gasteiger charge is -2.22. The molecule has 0 aliphatic carbocycles. The lowest BCUT2D eigenvalue weighted by atomic mass is 10.1. The minimum atomic E-state index is -0.830. The summed E-state index contributed by atoms with van der Waals surface area (Å²) in [4.78, 5) is 13.2. The summed E-state index contributed by atoms with van der Waals surface area (Å²) in [5, 5.41) is 8.89. The van der Waals surface area contributed by atoms with Crippen LogP contribution in [-0.4, -0.2) is 41.7 Å². The predicted octanol–water partition coefficient (Wildman–Crippen LogP) is 2.18. The van der Waals surface area contributed by atoms with Gasteiger partial charge in [0.1, 0.15) is 11.9 Å². The van der Waals surface area contributed by atoms with Crippen molar-refractivity contribution in [3.05, 3.63) is 29.8 Å². The van der Waals surface area contributed by atoms with Gasteiger partial charge < -0.3 is 9.84 Å². The van der Waals surface area contributed by atoms with Crippen LogP contribution in [0.15, 0.2) is 24.3 Å². The molecule has 1 atom stereocenters. The maximum absolute atomic E-state index is 10.8. The van der Waals surface area contributed by atoms with E-state index < -0.39 is 5.97 Å². The molecule has 0 amide bonds. The van der Waals surface area contributed by atoms with Gasteiger partial charge in [-0.3, -0.25) is 9.69 Å². The molecule has 1 N–H and O–H groups in total. The van der Waals surface area contributed by atoms with E-state index in [-0.39, 0.29) is 12.5 Å².